The lowest BCUT2D eigenvalue weighted by Gasteiger charge is -2.21. The van der Waals surface area contributed by atoms with Gasteiger partial charge in [-0.3, -0.25) is 9.59 Å². The van der Waals surface area contributed by atoms with Gasteiger partial charge in [0.15, 0.2) is 0 Å². The van der Waals surface area contributed by atoms with Crippen LogP contribution in [-0.4, -0.2) is 35.9 Å². The smallest absolute Gasteiger partial charge is 0.306 e. The van der Waals surface area contributed by atoms with Crippen LogP contribution in [0.4, 0.5) is 0 Å². The van der Waals surface area contributed by atoms with Gasteiger partial charge in [-0.2, -0.15) is 0 Å². The molecule has 0 aromatic carbocycles. The topological polar surface area (TPSA) is 72.8 Å². The van der Waals surface area contributed by atoms with E-state index >= 15 is 0 Å². The molecule has 1 N–H and O–H groups in total. The Balaban J connectivity index is 1.33. The van der Waals surface area contributed by atoms with Crippen molar-refractivity contribution in [3.63, 3.8) is 0 Å². The van der Waals surface area contributed by atoms with E-state index in [-0.39, 0.29) is 24.1 Å². The number of hydrogen-bond donors (Lipinski definition) is 1. The third-order valence-corrected chi connectivity index (χ3v) is 10.3. The fourth-order valence-corrected chi connectivity index (χ4v) is 7.49. The van der Waals surface area contributed by atoms with E-state index in [1.165, 1.54) is 77.0 Å². The Bertz CT molecular complexity index is 684. The molecule has 0 aromatic rings. The van der Waals surface area contributed by atoms with Gasteiger partial charge in [-0.05, 0) is 69.1 Å². The molecule has 2 bridgehead atoms. The number of ether oxygens (including phenoxy) is 2. The Hall–Kier alpha value is -1.10. The molecule has 0 radical (unpaired) electrons. The van der Waals surface area contributed by atoms with Gasteiger partial charge in [0.05, 0.1) is 12.7 Å². The molecule has 0 saturated heterocycles. The number of carbonyl (C=O) groups excluding carboxylic acids is 2. The quantitative estimate of drug-likeness (QED) is 0.0708. The molecule has 5 heteroatoms. The largest absolute Gasteiger partial charge is 0.466 e. The molecule has 0 spiro atoms. The fraction of sp³-hybridized carbons (Fsp3) is 0.947. The first-order chi connectivity index (χ1) is 21.0. The van der Waals surface area contributed by atoms with E-state index in [1.807, 2.05) is 0 Å². The zero-order valence-corrected chi connectivity index (χ0v) is 28.5. The van der Waals surface area contributed by atoms with Crippen LogP contribution in [0.3, 0.4) is 0 Å². The molecule has 2 saturated carbocycles. The van der Waals surface area contributed by atoms with Gasteiger partial charge < -0.3 is 14.6 Å². The zero-order valence-electron chi connectivity index (χ0n) is 28.5. The lowest BCUT2D eigenvalue weighted by atomic mass is 9.89. The first-order valence-electron chi connectivity index (χ1n) is 19.0. The van der Waals surface area contributed by atoms with Crippen molar-refractivity contribution in [3.05, 3.63) is 0 Å². The highest BCUT2D eigenvalue weighted by atomic mass is 16.5. The maximum atomic E-state index is 12.2. The molecular weight excluding hydrogens is 536 g/mol. The van der Waals surface area contributed by atoms with E-state index in [1.54, 1.807) is 0 Å². The van der Waals surface area contributed by atoms with Gasteiger partial charge in [-0.1, -0.05) is 129 Å². The summed E-state index contributed by atoms with van der Waals surface area (Å²) in [6, 6.07) is 0. The van der Waals surface area contributed by atoms with Gasteiger partial charge in [-0.15, -0.1) is 0 Å². The highest BCUT2D eigenvalue weighted by molar-refractivity contribution is 5.69. The van der Waals surface area contributed by atoms with Crippen LogP contribution in [0, 0.1) is 17.8 Å². The van der Waals surface area contributed by atoms with Crippen LogP contribution in [0.2, 0.25) is 0 Å². The molecule has 2 aliphatic carbocycles. The van der Waals surface area contributed by atoms with Gasteiger partial charge >= 0.3 is 11.9 Å². The van der Waals surface area contributed by atoms with Gasteiger partial charge in [0.1, 0.15) is 6.10 Å². The van der Waals surface area contributed by atoms with Crippen molar-refractivity contribution >= 4 is 11.9 Å². The highest BCUT2D eigenvalue weighted by Gasteiger charge is 2.39. The average molecular weight is 607 g/mol. The zero-order chi connectivity index (χ0) is 31.0. The number of esters is 2. The average Bonchev–Trinajstić information content (AvgIpc) is 3.26. The molecule has 2 rings (SSSR count). The fourth-order valence-electron chi connectivity index (χ4n) is 7.49. The third kappa shape index (κ3) is 19.1. The van der Waals surface area contributed by atoms with Gasteiger partial charge in [0, 0.05) is 12.8 Å². The Morgan fingerprint density at radius 2 is 1.21 bits per heavy atom. The summed E-state index contributed by atoms with van der Waals surface area (Å²) in [7, 11) is 0. The molecule has 5 nitrogen and oxygen atoms in total. The maximum Gasteiger partial charge on any atom is 0.306 e. The van der Waals surface area contributed by atoms with Crippen molar-refractivity contribution in [2.45, 2.75) is 206 Å². The SMILES string of the molecule is CCCCCC(CCCCC)CCOC(=O)CCCCCCCC(O)CCCCCCCC(=O)OC1CC2CCCC1C2. The summed E-state index contributed by atoms with van der Waals surface area (Å²) in [6.45, 7) is 5.10. The normalized spacial score (nSPS) is 20.4. The van der Waals surface area contributed by atoms with E-state index in [0.29, 0.717) is 31.3 Å². The highest BCUT2D eigenvalue weighted by Crippen LogP contribution is 2.43. The summed E-state index contributed by atoms with van der Waals surface area (Å²) in [6.07, 6.45) is 31.2. The van der Waals surface area contributed by atoms with Crippen molar-refractivity contribution in [1.82, 2.24) is 0 Å². The summed E-state index contributed by atoms with van der Waals surface area (Å²) < 4.78 is 11.4. The summed E-state index contributed by atoms with van der Waals surface area (Å²) in [5.74, 6) is 2.15. The van der Waals surface area contributed by atoms with Crippen molar-refractivity contribution in [1.29, 1.82) is 0 Å². The molecule has 252 valence electrons. The Morgan fingerprint density at radius 1 is 0.651 bits per heavy atom. The van der Waals surface area contributed by atoms with E-state index in [9.17, 15) is 14.7 Å². The predicted octanol–water partition coefficient (Wildman–Crippen LogP) is 10.6. The number of rotatable bonds is 28. The van der Waals surface area contributed by atoms with Gasteiger partial charge in [-0.25, -0.2) is 0 Å². The second-order valence-electron chi connectivity index (χ2n) is 14.2. The lowest BCUT2D eigenvalue weighted by Crippen LogP contribution is -2.21. The third-order valence-electron chi connectivity index (χ3n) is 10.3. The molecule has 2 fully saturated rings. The number of aliphatic hydroxyl groups is 1. The molecule has 0 amide bonds. The molecule has 4 unspecified atom stereocenters. The van der Waals surface area contributed by atoms with Crippen molar-refractivity contribution in [2.75, 3.05) is 6.61 Å². The molecule has 2 aliphatic rings. The van der Waals surface area contributed by atoms with Crippen LogP contribution < -0.4 is 0 Å². The van der Waals surface area contributed by atoms with Crippen molar-refractivity contribution < 1.29 is 24.2 Å². The number of fused-ring (bicyclic) bond motifs is 2. The van der Waals surface area contributed by atoms with E-state index in [0.717, 1.165) is 95.8 Å². The number of aliphatic hydroxyl groups excluding tert-OH is 1. The molecule has 43 heavy (non-hydrogen) atoms. The molecule has 0 heterocycles. The molecule has 0 aromatic heterocycles. The van der Waals surface area contributed by atoms with Gasteiger partial charge in [0.2, 0.25) is 0 Å². The summed E-state index contributed by atoms with van der Waals surface area (Å²) in [5, 5.41) is 10.3. The van der Waals surface area contributed by atoms with Crippen LogP contribution in [0.1, 0.15) is 194 Å². The summed E-state index contributed by atoms with van der Waals surface area (Å²) in [5.41, 5.74) is 0. The summed E-state index contributed by atoms with van der Waals surface area (Å²) >= 11 is 0. The summed E-state index contributed by atoms with van der Waals surface area (Å²) in [4.78, 5) is 24.4. The second-order valence-corrected chi connectivity index (χ2v) is 14.2. The Kier molecular flexibility index (Phi) is 22.3. The van der Waals surface area contributed by atoms with Crippen LogP contribution in [0.5, 0.6) is 0 Å². The molecule has 4 atom stereocenters. The van der Waals surface area contributed by atoms with Crippen LogP contribution in [0.15, 0.2) is 0 Å². The number of unbranched alkanes of at least 4 members (excludes halogenated alkanes) is 12. The maximum absolute atomic E-state index is 12.2. The first-order valence-corrected chi connectivity index (χ1v) is 19.0. The minimum absolute atomic E-state index is 0.0163. The van der Waals surface area contributed by atoms with E-state index < -0.39 is 0 Å². The van der Waals surface area contributed by atoms with E-state index in [4.69, 9.17) is 9.47 Å². The van der Waals surface area contributed by atoms with Crippen LogP contribution in [-0.2, 0) is 19.1 Å². The monoisotopic (exact) mass is 607 g/mol. The number of carbonyl (C=O) groups is 2. The van der Waals surface area contributed by atoms with Crippen LogP contribution >= 0.6 is 0 Å². The number of hydrogen-bond acceptors (Lipinski definition) is 5. The Morgan fingerprint density at radius 3 is 1.81 bits per heavy atom. The minimum atomic E-state index is -0.191. The van der Waals surface area contributed by atoms with Gasteiger partial charge in [0.25, 0.3) is 0 Å². The second kappa shape index (κ2) is 25.1. The first kappa shape index (κ1) is 38.1. The van der Waals surface area contributed by atoms with Crippen molar-refractivity contribution in [2.24, 2.45) is 17.8 Å². The van der Waals surface area contributed by atoms with E-state index in [2.05, 4.69) is 13.8 Å². The Labute approximate surface area is 266 Å². The van der Waals surface area contributed by atoms with Crippen LogP contribution in [0.25, 0.3) is 0 Å². The van der Waals surface area contributed by atoms with Crippen molar-refractivity contribution in [3.8, 4) is 0 Å². The lowest BCUT2D eigenvalue weighted by molar-refractivity contribution is -0.151. The predicted molar refractivity (Wildman–Crippen MR) is 178 cm³/mol. The molecular formula is C38H70O5. The molecule has 0 aliphatic heterocycles. The minimum Gasteiger partial charge on any atom is -0.466 e. The standard InChI is InChI=1S/C38H70O5/c1-3-5-13-20-32(21-14-6-4-2)28-29-42-37(40)26-17-11-7-9-15-24-35(39)25-16-10-8-12-18-27-38(41)43-36-31-33-22-19-23-34(36)30-33/h32-36,39H,3-31H2,1-2H3.